The van der Waals surface area contributed by atoms with E-state index >= 15 is 0 Å². The maximum atomic E-state index is 11.7. The monoisotopic (exact) mass is 353 g/mol. The number of halogens is 1. The van der Waals surface area contributed by atoms with Crippen LogP contribution in [0.15, 0.2) is 29.0 Å². The first-order valence-corrected chi connectivity index (χ1v) is 6.77. The average molecular weight is 354 g/mol. The van der Waals surface area contributed by atoms with Crippen LogP contribution in [0, 0.1) is 10.1 Å². The molecule has 1 heterocycles. The van der Waals surface area contributed by atoms with E-state index in [1.807, 2.05) is 0 Å². The summed E-state index contributed by atoms with van der Waals surface area (Å²) in [5.41, 5.74) is 0.669. The number of Topliss-reactive ketones (excluding diaryl/α,β-unsaturated/α-hetero) is 1. The Morgan fingerprint density at radius 1 is 1.52 bits per heavy atom. The van der Waals surface area contributed by atoms with Gasteiger partial charge in [0.2, 0.25) is 5.75 Å². The van der Waals surface area contributed by atoms with Crippen molar-refractivity contribution in [1.29, 1.82) is 0 Å². The Balaban J connectivity index is 2.39. The molecule has 0 aliphatic heterocycles. The van der Waals surface area contributed by atoms with Crippen molar-refractivity contribution in [3.63, 3.8) is 0 Å². The van der Waals surface area contributed by atoms with Crippen molar-refractivity contribution in [2.24, 2.45) is 7.05 Å². The van der Waals surface area contributed by atoms with Crippen LogP contribution in [0.5, 0.6) is 5.75 Å². The Morgan fingerprint density at radius 3 is 2.76 bits per heavy atom. The van der Waals surface area contributed by atoms with Gasteiger partial charge in [-0.25, -0.2) is 0 Å². The number of aromatic nitrogens is 2. The predicted molar refractivity (Wildman–Crippen MR) is 78.3 cm³/mol. The number of carbonyl (C=O) groups is 1. The number of hydrogen-bond donors (Lipinski definition) is 0. The Hall–Kier alpha value is -2.22. The van der Waals surface area contributed by atoms with Gasteiger partial charge in [0.1, 0.15) is 6.61 Å². The second-order valence-corrected chi connectivity index (χ2v) is 5.34. The molecule has 1 aromatic heterocycles. The van der Waals surface area contributed by atoms with Gasteiger partial charge in [-0.3, -0.25) is 19.6 Å². The van der Waals surface area contributed by atoms with Crippen LogP contribution in [0.1, 0.15) is 22.8 Å². The molecule has 2 aromatic rings. The molecule has 0 bridgehead atoms. The van der Waals surface area contributed by atoms with Gasteiger partial charge in [-0.1, -0.05) is 15.9 Å². The van der Waals surface area contributed by atoms with Crippen LogP contribution in [0.25, 0.3) is 0 Å². The highest BCUT2D eigenvalue weighted by molar-refractivity contribution is 9.10. The molecule has 0 saturated heterocycles. The first-order chi connectivity index (χ1) is 9.88. The van der Waals surface area contributed by atoms with Gasteiger partial charge in [-0.05, 0) is 13.0 Å². The zero-order valence-corrected chi connectivity index (χ0v) is 13.0. The molecule has 7 nitrogen and oxygen atoms in total. The highest BCUT2D eigenvalue weighted by atomic mass is 79.9. The second-order valence-electron chi connectivity index (χ2n) is 4.43. The fourth-order valence-electron chi connectivity index (χ4n) is 1.83. The summed E-state index contributed by atoms with van der Waals surface area (Å²) in [6.07, 6.45) is 3.33. The summed E-state index contributed by atoms with van der Waals surface area (Å²) < 4.78 is 7.56. The number of carbonyl (C=O) groups excluding carboxylic acids is 1. The summed E-state index contributed by atoms with van der Waals surface area (Å²) in [5.74, 6) is -0.333. The molecule has 21 heavy (non-hydrogen) atoms. The first-order valence-electron chi connectivity index (χ1n) is 5.97. The second kappa shape index (κ2) is 6.04. The quantitative estimate of drug-likeness (QED) is 0.468. The average Bonchev–Trinajstić information content (AvgIpc) is 2.81. The minimum absolute atomic E-state index is 0.0282. The molecule has 0 saturated carbocycles. The molecule has 8 heteroatoms. The molecule has 110 valence electrons. The first kappa shape index (κ1) is 15.2. The van der Waals surface area contributed by atoms with Gasteiger partial charge < -0.3 is 4.74 Å². The molecule has 1 aromatic carbocycles. The highest BCUT2D eigenvalue weighted by Crippen LogP contribution is 2.35. The van der Waals surface area contributed by atoms with Crippen molar-refractivity contribution in [3.05, 3.63) is 50.2 Å². The largest absolute Gasteiger partial charge is 0.481 e. The number of aryl methyl sites for hydroxylation is 1. The molecule has 2 rings (SSSR count). The van der Waals surface area contributed by atoms with Gasteiger partial charge in [0.15, 0.2) is 5.78 Å². The van der Waals surface area contributed by atoms with Crippen molar-refractivity contribution in [1.82, 2.24) is 9.78 Å². The van der Waals surface area contributed by atoms with Crippen LogP contribution in [0.2, 0.25) is 0 Å². The lowest BCUT2D eigenvalue weighted by molar-refractivity contribution is -0.386. The maximum Gasteiger partial charge on any atom is 0.312 e. The summed E-state index contributed by atoms with van der Waals surface area (Å²) in [7, 11) is 1.76. The molecule has 0 unspecified atom stereocenters. The highest BCUT2D eigenvalue weighted by Gasteiger charge is 2.23. The standard InChI is InChI=1S/C13H12BrN3O4/c1-8(18)11-3-10(14)4-12(17(19)20)13(11)21-7-9-5-15-16(2)6-9/h3-6H,7H2,1-2H3. The lowest BCUT2D eigenvalue weighted by Crippen LogP contribution is -2.05. The summed E-state index contributed by atoms with van der Waals surface area (Å²) in [4.78, 5) is 22.2. The third-order valence-electron chi connectivity index (χ3n) is 2.75. The number of ketones is 1. The maximum absolute atomic E-state index is 11.7. The molecule has 0 N–H and O–H groups in total. The lowest BCUT2D eigenvalue weighted by Gasteiger charge is -2.10. The van der Waals surface area contributed by atoms with Crippen LogP contribution in [-0.4, -0.2) is 20.5 Å². The minimum atomic E-state index is -0.574. The molecule has 0 aliphatic rings. The summed E-state index contributed by atoms with van der Waals surface area (Å²) in [6, 6.07) is 2.82. The zero-order chi connectivity index (χ0) is 15.6. The van der Waals surface area contributed by atoms with Crippen LogP contribution in [-0.2, 0) is 13.7 Å². The number of ether oxygens (including phenoxy) is 1. The smallest absolute Gasteiger partial charge is 0.312 e. The Kier molecular flexibility index (Phi) is 4.37. The minimum Gasteiger partial charge on any atom is -0.481 e. The van der Waals surface area contributed by atoms with Gasteiger partial charge in [0.05, 0.1) is 16.7 Å². The SMILES string of the molecule is CC(=O)c1cc(Br)cc([N+](=O)[O-])c1OCc1cnn(C)c1. The molecule has 0 amide bonds. The number of hydrogen-bond acceptors (Lipinski definition) is 5. The topological polar surface area (TPSA) is 87.3 Å². The van der Waals surface area contributed by atoms with Crippen molar-refractivity contribution in [2.75, 3.05) is 0 Å². The number of nitro benzene ring substituents is 1. The van der Waals surface area contributed by atoms with Gasteiger partial charge in [0, 0.05) is 29.3 Å². The summed E-state index contributed by atoms with van der Waals surface area (Å²) in [5, 5.41) is 15.1. The molecule has 0 atom stereocenters. The molecular weight excluding hydrogens is 342 g/mol. The van der Waals surface area contributed by atoms with E-state index in [0.717, 1.165) is 5.56 Å². The van der Waals surface area contributed by atoms with E-state index in [1.54, 1.807) is 24.1 Å². The van der Waals surface area contributed by atoms with E-state index in [9.17, 15) is 14.9 Å². The molecular formula is C13H12BrN3O4. The Morgan fingerprint density at radius 2 is 2.24 bits per heavy atom. The zero-order valence-electron chi connectivity index (χ0n) is 11.4. The fourth-order valence-corrected chi connectivity index (χ4v) is 2.28. The van der Waals surface area contributed by atoms with Crippen molar-refractivity contribution in [3.8, 4) is 5.75 Å². The predicted octanol–water partition coefficient (Wildman–Crippen LogP) is 2.87. The van der Waals surface area contributed by atoms with Gasteiger partial charge in [0.25, 0.3) is 0 Å². The van der Waals surface area contributed by atoms with E-state index in [0.29, 0.717) is 4.47 Å². The van der Waals surface area contributed by atoms with Crippen LogP contribution < -0.4 is 4.74 Å². The molecule has 0 aliphatic carbocycles. The van der Waals surface area contributed by atoms with Crippen molar-refractivity contribution < 1.29 is 14.5 Å². The molecule has 0 spiro atoms. The van der Waals surface area contributed by atoms with Crippen molar-refractivity contribution in [2.45, 2.75) is 13.5 Å². The molecule has 0 radical (unpaired) electrons. The van der Waals surface area contributed by atoms with Crippen LogP contribution >= 0.6 is 15.9 Å². The van der Waals surface area contributed by atoms with Gasteiger partial charge in [-0.2, -0.15) is 5.10 Å². The number of nitrogens with zero attached hydrogens (tertiary/aromatic N) is 3. The lowest BCUT2D eigenvalue weighted by atomic mass is 10.1. The number of benzene rings is 1. The van der Waals surface area contributed by atoms with E-state index in [4.69, 9.17) is 4.74 Å². The van der Waals surface area contributed by atoms with E-state index in [1.165, 1.54) is 19.1 Å². The van der Waals surface area contributed by atoms with Crippen LogP contribution in [0.4, 0.5) is 5.69 Å². The normalized spacial score (nSPS) is 10.4. The third-order valence-corrected chi connectivity index (χ3v) is 3.21. The summed E-state index contributed by atoms with van der Waals surface area (Å²) >= 11 is 3.16. The third kappa shape index (κ3) is 3.46. The van der Waals surface area contributed by atoms with Crippen LogP contribution in [0.3, 0.4) is 0 Å². The summed E-state index contributed by atoms with van der Waals surface area (Å²) in [6.45, 7) is 1.43. The molecule has 0 fully saturated rings. The van der Waals surface area contributed by atoms with E-state index < -0.39 is 4.92 Å². The Labute approximate surface area is 128 Å². The fraction of sp³-hybridized carbons (Fsp3) is 0.231. The number of rotatable bonds is 5. The van der Waals surface area contributed by atoms with E-state index in [2.05, 4.69) is 21.0 Å². The van der Waals surface area contributed by atoms with Crippen molar-refractivity contribution >= 4 is 27.4 Å². The van der Waals surface area contributed by atoms with E-state index in [-0.39, 0.29) is 29.4 Å². The van der Waals surface area contributed by atoms with Gasteiger partial charge >= 0.3 is 5.69 Å². The number of nitro groups is 1. The Bertz CT molecular complexity index is 676. The van der Waals surface area contributed by atoms with Gasteiger partial charge in [-0.15, -0.1) is 0 Å².